The molecule has 0 N–H and O–H groups in total. The van der Waals surface area contributed by atoms with E-state index < -0.39 is 11.6 Å². The van der Waals surface area contributed by atoms with Crippen LogP contribution >= 0.6 is 15.9 Å². The lowest BCUT2D eigenvalue weighted by Crippen LogP contribution is -2.13. The topological polar surface area (TPSA) is 27.0 Å². The average molecular weight is 337 g/mol. The first-order valence-corrected chi connectivity index (χ1v) is 6.96. The molecular weight excluding hydrogens is 326 g/mol. The standard InChI is InChI=1S/C15H11BrF2N2/c1-20(12-4-2-3-10(5-12)9-19)15-13(17)6-11(8-16)7-14(15)18/h2-7H,8H2,1H3. The van der Waals surface area contributed by atoms with Crippen LogP contribution < -0.4 is 4.90 Å². The van der Waals surface area contributed by atoms with Crippen molar-refractivity contribution in [3.63, 3.8) is 0 Å². The van der Waals surface area contributed by atoms with Crippen molar-refractivity contribution in [2.24, 2.45) is 0 Å². The molecule has 20 heavy (non-hydrogen) atoms. The molecule has 2 nitrogen and oxygen atoms in total. The van der Waals surface area contributed by atoms with E-state index in [2.05, 4.69) is 15.9 Å². The van der Waals surface area contributed by atoms with Gasteiger partial charge >= 0.3 is 0 Å². The van der Waals surface area contributed by atoms with Crippen LogP contribution in [0.5, 0.6) is 0 Å². The monoisotopic (exact) mass is 336 g/mol. The van der Waals surface area contributed by atoms with Gasteiger partial charge in [-0.05, 0) is 35.9 Å². The van der Waals surface area contributed by atoms with Crippen molar-refractivity contribution in [1.29, 1.82) is 5.26 Å². The Morgan fingerprint density at radius 1 is 1.20 bits per heavy atom. The molecule has 0 atom stereocenters. The van der Waals surface area contributed by atoms with Crippen molar-refractivity contribution in [2.75, 3.05) is 11.9 Å². The molecule has 102 valence electrons. The van der Waals surface area contributed by atoms with E-state index in [1.54, 1.807) is 31.3 Å². The summed E-state index contributed by atoms with van der Waals surface area (Å²) in [4.78, 5) is 1.39. The maximum absolute atomic E-state index is 14.0. The number of alkyl halides is 1. The fraction of sp³-hybridized carbons (Fsp3) is 0.133. The number of anilines is 2. The molecule has 0 spiro atoms. The van der Waals surface area contributed by atoms with Crippen molar-refractivity contribution in [1.82, 2.24) is 0 Å². The second-order valence-corrected chi connectivity index (χ2v) is 4.82. The Hall–Kier alpha value is -1.93. The highest BCUT2D eigenvalue weighted by Gasteiger charge is 2.16. The second kappa shape index (κ2) is 6.02. The van der Waals surface area contributed by atoms with Gasteiger partial charge in [-0.3, -0.25) is 0 Å². The molecule has 0 fully saturated rings. The summed E-state index contributed by atoms with van der Waals surface area (Å²) in [6.45, 7) is 0. The van der Waals surface area contributed by atoms with Gasteiger partial charge in [0.1, 0.15) is 17.3 Å². The number of nitrogens with zero attached hydrogens (tertiary/aromatic N) is 2. The Bertz CT molecular complexity index is 657. The van der Waals surface area contributed by atoms with E-state index in [9.17, 15) is 8.78 Å². The van der Waals surface area contributed by atoms with Crippen LogP contribution in [0.2, 0.25) is 0 Å². The molecule has 0 bridgehead atoms. The van der Waals surface area contributed by atoms with Gasteiger partial charge in [-0.1, -0.05) is 22.0 Å². The first-order chi connectivity index (χ1) is 9.56. The molecule has 0 aromatic heterocycles. The van der Waals surface area contributed by atoms with Crippen molar-refractivity contribution in [3.05, 3.63) is 59.2 Å². The average Bonchev–Trinajstić information content (AvgIpc) is 2.46. The predicted molar refractivity (Wildman–Crippen MR) is 78.2 cm³/mol. The second-order valence-electron chi connectivity index (χ2n) is 4.26. The van der Waals surface area contributed by atoms with Gasteiger partial charge in [0.15, 0.2) is 0 Å². The molecule has 0 amide bonds. The third-order valence-electron chi connectivity index (χ3n) is 2.93. The summed E-state index contributed by atoms with van der Waals surface area (Å²) in [5, 5.41) is 9.25. The molecule has 0 aliphatic rings. The lowest BCUT2D eigenvalue weighted by atomic mass is 10.1. The van der Waals surface area contributed by atoms with Gasteiger partial charge in [-0.25, -0.2) is 8.78 Å². The molecule has 2 aromatic carbocycles. The Labute approximate surface area is 124 Å². The van der Waals surface area contributed by atoms with Gasteiger partial charge < -0.3 is 4.90 Å². The molecule has 0 unspecified atom stereocenters. The van der Waals surface area contributed by atoms with Crippen LogP contribution in [0.1, 0.15) is 11.1 Å². The van der Waals surface area contributed by atoms with Crippen molar-refractivity contribution in [3.8, 4) is 6.07 Å². The zero-order valence-electron chi connectivity index (χ0n) is 10.7. The zero-order valence-corrected chi connectivity index (χ0v) is 12.3. The lowest BCUT2D eigenvalue weighted by Gasteiger charge is -2.21. The van der Waals surface area contributed by atoms with Gasteiger partial charge in [0.05, 0.1) is 11.6 Å². The van der Waals surface area contributed by atoms with E-state index in [1.807, 2.05) is 6.07 Å². The Balaban J connectivity index is 2.48. The number of nitriles is 1. The molecule has 0 radical (unpaired) electrons. The molecule has 0 heterocycles. The van der Waals surface area contributed by atoms with Gasteiger partial charge in [-0.2, -0.15) is 5.26 Å². The van der Waals surface area contributed by atoms with E-state index in [0.29, 0.717) is 22.1 Å². The fourth-order valence-corrected chi connectivity index (χ4v) is 2.25. The third-order valence-corrected chi connectivity index (χ3v) is 3.58. The van der Waals surface area contributed by atoms with E-state index >= 15 is 0 Å². The van der Waals surface area contributed by atoms with E-state index in [1.165, 1.54) is 17.0 Å². The highest BCUT2D eigenvalue weighted by atomic mass is 79.9. The smallest absolute Gasteiger partial charge is 0.150 e. The summed E-state index contributed by atoms with van der Waals surface area (Å²) in [5.74, 6) is -1.27. The molecule has 5 heteroatoms. The van der Waals surface area contributed by atoms with Crippen molar-refractivity contribution in [2.45, 2.75) is 5.33 Å². The number of hydrogen-bond acceptors (Lipinski definition) is 2. The van der Waals surface area contributed by atoms with E-state index in [4.69, 9.17) is 5.26 Å². The molecule has 0 aliphatic heterocycles. The molecule has 2 aromatic rings. The van der Waals surface area contributed by atoms with Gasteiger partial charge in [0.25, 0.3) is 0 Å². The summed E-state index contributed by atoms with van der Waals surface area (Å²) in [5.41, 5.74) is 1.38. The normalized spacial score (nSPS) is 10.2. The van der Waals surface area contributed by atoms with Crippen molar-refractivity contribution < 1.29 is 8.78 Å². The first-order valence-electron chi connectivity index (χ1n) is 5.84. The number of halogens is 3. The van der Waals surface area contributed by atoms with Crippen LogP contribution in [0, 0.1) is 23.0 Å². The maximum Gasteiger partial charge on any atom is 0.150 e. The minimum absolute atomic E-state index is 0.134. The maximum atomic E-state index is 14.0. The van der Waals surface area contributed by atoms with Crippen LogP contribution in [0.3, 0.4) is 0 Å². The van der Waals surface area contributed by atoms with Crippen LogP contribution in [-0.4, -0.2) is 7.05 Å². The van der Waals surface area contributed by atoms with Crippen LogP contribution in [0.25, 0.3) is 0 Å². The summed E-state index contributed by atoms with van der Waals surface area (Å²) in [6.07, 6.45) is 0. The molecule has 0 saturated carbocycles. The number of rotatable bonds is 3. The summed E-state index contributed by atoms with van der Waals surface area (Å²) in [6, 6.07) is 11.2. The third kappa shape index (κ3) is 2.81. The lowest BCUT2D eigenvalue weighted by molar-refractivity contribution is 0.582. The molecular formula is C15H11BrF2N2. The summed E-state index contributed by atoms with van der Waals surface area (Å²) < 4.78 is 28.1. The zero-order chi connectivity index (χ0) is 14.7. The van der Waals surface area contributed by atoms with E-state index in [0.717, 1.165) is 0 Å². The summed E-state index contributed by atoms with van der Waals surface area (Å²) >= 11 is 3.17. The largest absolute Gasteiger partial charge is 0.340 e. The SMILES string of the molecule is CN(c1cccc(C#N)c1)c1c(F)cc(CBr)cc1F. The van der Waals surface area contributed by atoms with Gasteiger partial charge in [0.2, 0.25) is 0 Å². The van der Waals surface area contributed by atoms with Crippen LogP contribution in [0.4, 0.5) is 20.2 Å². The Morgan fingerprint density at radius 2 is 1.85 bits per heavy atom. The Morgan fingerprint density at radius 3 is 2.40 bits per heavy atom. The van der Waals surface area contributed by atoms with Gasteiger partial charge in [0, 0.05) is 18.1 Å². The highest BCUT2D eigenvalue weighted by Crippen LogP contribution is 2.30. The number of hydrogen-bond donors (Lipinski definition) is 0. The van der Waals surface area contributed by atoms with Gasteiger partial charge in [-0.15, -0.1) is 0 Å². The van der Waals surface area contributed by atoms with Crippen molar-refractivity contribution >= 4 is 27.3 Å². The number of benzene rings is 2. The van der Waals surface area contributed by atoms with E-state index in [-0.39, 0.29) is 5.69 Å². The first kappa shape index (κ1) is 14.5. The predicted octanol–water partition coefficient (Wildman–Crippen LogP) is 4.50. The summed E-state index contributed by atoms with van der Waals surface area (Å²) in [7, 11) is 1.56. The molecule has 0 saturated heterocycles. The fourth-order valence-electron chi connectivity index (χ4n) is 1.93. The minimum atomic E-state index is -0.635. The van der Waals surface area contributed by atoms with Crippen LogP contribution in [-0.2, 0) is 5.33 Å². The molecule has 0 aliphatic carbocycles. The Kier molecular flexibility index (Phi) is 4.35. The quantitative estimate of drug-likeness (QED) is 0.771. The highest BCUT2D eigenvalue weighted by molar-refractivity contribution is 9.08. The minimum Gasteiger partial charge on any atom is -0.340 e. The van der Waals surface area contributed by atoms with Crippen LogP contribution in [0.15, 0.2) is 36.4 Å². The molecule has 2 rings (SSSR count).